The summed E-state index contributed by atoms with van der Waals surface area (Å²) >= 11 is 0. The number of rotatable bonds is 8. The SMILES string of the molecule is CC1(c2ccccc2)c2ccccc2-c2c(N(c3ccc(-c4ccc(-c5cccc6ccccc56)cc4)cc3)c3cccc(-c4ccccc4-c4ccccc4)c3)cccc21. The Balaban J connectivity index is 1.05. The first-order valence-electron chi connectivity index (χ1n) is 21.2. The predicted octanol–water partition coefficient (Wildman–Crippen LogP) is 16.3. The van der Waals surface area contributed by atoms with Crippen LogP contribution in [-0.2, 0) is 5.41 Å². The van der Waals surface area contributed by atoms with Crippen LogP contribution in [0.4, 0.5) is 17.1 Å². The molecule has 0 aromatic heterocycles. The molecule has 0 bridgehead atoms. The summed E-state index contributed by atoms with van der Waals surface area (Å²) in [5.41, 5.74) is 19.2. The Morgan fingerprint density at radius 3 is 1.61 bits per heavy atom. The van der Waals surface area contributed by atoms with E-state index in [-0.39, 0.29) is 5.41 Å². The molecular formula is C60H43N. The number of hydrogen-bond acceptors (Lipinski definition) is 1. The Bertz CT molecular complexity index is 3180. The van der Waals surface area contributed by atoms with E-state index in [1.54, 1.807) is 0 Å². The number of nitrogens with zero attached hydrogens (tertiary/aromatic N) is 1. The molecule has 10 aromatic carbocycles. The van der Waals surface area contributed by atoms with Crippen LogP contribution in [0.15, 0.2) is 243 Å². The normalized spacial score (nSPS) is 14.0. The molecule has 1 unspecified atom stereocenters. The monoisotopic (exact) mass is 777 g/mol. The zero-order valence-electron chi connectivity index (χ0n) is 34.0. The van der Waals surface area contributed by atoms with Crippen LogP contribution in [-0.4, -0.2) is 0 Å². The Morgan fingerprint density at radius 2 is 0.836 bits per heavy atom. The lowest BCUT2D eigenvalue weighted by Crippen LogP contribution is -2.22. The maximum absolute atomic E-state index is 2.47. The molecule has 0 N–H and O–H groups in total. The van der Waals surface area contributed by atoms with Gasteiger partial charge in [-0.05, 0) is 115 Å². The van der Waals surface area contributed by atoms with Crippen LogP contribution in [0, 0.1) is 0 Å². The average Bonchev–Trinajstić information content (AvgIpc) is 3.61. The van der Waals surface area contributed by atoms with Crippen molar-refractivity contribution in [2.75, 3.05) is 4.90 Å². The van der Waals surface area contributed by atoms with E-state index in [1.165, 1.54) is 83.1 Å². The highest BCUT2D eigenvalue weighted by molar-refractivity contribution is 5.98. The molecule has 11 rings (SSSR count). The van der Waals surface area contributed by atoms with Crippen molar-refractivity contribution in [2.24, 2.45) is 0 Å². The summed E-state index contributed by atoms with van der Waals surface area (Å²) in [7, 11) is 0. The molecule has 0 spiro atoms. The zero-order chi connectivity index (χ0) is 40.8. The molecular weight excluding hydrogens is 735 g/mol. The fraction of sp³-hybridized carbons (Fsp3) is 0.0333. The lowest BCUT2D eigenvalue weighted by atomic mass is 9.74. The summed E-state index contributed by atoms with van der Waals surface area (Å²) in [6, 6.07) is 88.7. The van der Waals surface area contributed by atoms with Gasteiger partial charge in [0.15, 0.2) is 0 Å². The summed E-state index contributed by atoms with van der Waals surface area (Å²) in [5.74, 6) is 0. The summed E-state index contributed by atoms with van der Waals surface area (Å²) in [4.78, 5) is 2.47. The minimum absolute atomic E-state index is 0.312. The highest BCUT2D eigenvalue weighted by Crippen LogP contribution is 2.57. The van der Waals surface area contributed by atoms with E-state index in [0.29, 0.717) is 0 Å². The molecule has 0 saturated carbocycles. The van der Waals surface area contributed by atoms with E-state index < -0.39 is 0 Å². The van der Waals surface area contributed by atoms with E-state index in [4.69, 9.17) is 0 Å². The van der Waals surface area contributed by atoms with Gasteiger partial charge in [-0.3, -0.25) is 0 Å². The number of hydrogen-bond donors (Lipinski definition) is 0. The number of fused-ring (bicyclic) bond motifs is 4. The first kappa shape index (κ1) is 36.3. The summed E-state index contributed by atoms with van der Waals surface area (Å²) in [6.07, 6.45) is 0. The molecule has 10 aromatic rings. The third-order valence-electron chi connectivity index (χ3n) is 12.8. The molecule has 0 fully saturated rings. The lowest BCUT2D eigenvalue weighted by molar-refractivity contribution is 0.714. The van der Waals surface area contributed by atoms with Crippen molar-refractivity contribution in [1.29, 1.82) is 0 Å². The van der Waals surface area contributed by atoms with Crippen LogP contribution < -0.4 is 4.90 Å². The fourth-order valence-corrected chi connectivity index (χ4v) is 9.76. The van der Waals surface area contributed by atoms with Crippen LogP contribution in [0.2, 0.25) is 0 Å². The molecule has 0 saturated heterocycles. The number of benzene rings is 10. The van der Waals surface area contributed by atoms with Gasteiger partial charge >= 0.3 is 0 Å². The molecule has 1 aliphatic rings. The first-order chi connectivity index (χ1) is 30.1. The van der Waals surface area contributed by atoms with Gasteiger partial charge in [-0.1, -0.05) is 212 Å². The quantitative estimate of drug-likeness (QED) is 0.149. The second kappa shape index (κ2) is 15.1. The molecule has 1 heteroatoms. The molecule has 1 nitrogen and oxygen atoms in total. The second-order valence-corrected chi connectivity index (χ2v) is 16.2. The number of anilines is 3. The van der Waals surface area contributed by atoms with Gasteiger partial charge in [0.05, 0.1) is 5.69 Å². The lowest BCUT2D eigenvalue weighted by Gasteiger charge is -2.31. The van der Waals surface area contributed by atoms with Crippen molar-refractivity contribution in [1.82, 2.24) is 0 Å². The average molecular weight is 778 g/mol. The van der Waals surface area contributed by atoms with E-state index in [1.807, 2.05) is 0 Å². The minimum atomic E-state index is -0.312. The van der Waals surface area contributed by atoms with Crippen molar-refractivity contribution >= 4 is 27.8 Å². The van der Waals surface area contributed by atoms with Gasteiger partial charge in [-0.25, -0.2) is 0 Å². The summed E-state index contributed by atoms with van der Waals surface area (Å²) in [6.45, 7) is 2.39. The van der Waals surface area contributed by atoms with Crippen molar-refractivity contribution < 1.29 is 0 Å². The van der Waals surface area contributed by atoms with Gasteiger partial charge in [-0.15, -0.1) is 0 Å². The van der Waals surface area contributed by atoms with Crippen LogP contribution in [0.25, 0.3) is 66.4 Å². The fourth-order valence-electron chi connectivity index (χ4n) is 9.76. The first-order valence-corrected chi connectivity index (χ1v) is 21.2. The molecule has 1 aliphatic carbocycles. The van der Waals surface area contributed by atoms with Crippen LogP contribution >= 0.6 is 0 Å². The topological polar surface area (TPSA) is 3.24 Å². The molecule has 0 aliphatic heterocycles. The van der Waals surface area contributed by atoms with Gasteiger partial charge in [0, 0.05) is 22.4 Å². The highest BCUT2D eigenvalue weighted by atomic mass is 15.1. The Kier molecular flexibility index (Phi) is 9.02. The van der Waals surface area contributed by atoms with Gasteiger partial charge in [0.2, 0.25) is 0 Å². The Hall–Kier alpha value is -7.74. The molecule has 61 heavy (non-hydrogen) atoms. The highest BCUT2D eigenvalue weighted by Gasteiger charge is 2.42. The summed E-state index contributed by atoms with van der Waals surface area (Å²) < 4.78 is 0. The standard InChI is InChI=1S/C60H43N/c1-60(48-22-6-3-7-23-48)56-30-13-12-28-55(56)59-57(60)31-16-32-58(59)61(50-24-14-21-47(41-50)54-27-11-10-26-52(54)44-17-4-2-5-18-44)49-39-37-43(38-40-49)42-33-35-46(36-34-42)53-29-15-20-45-19-8-9-25-51(45)53/h2-41H,1H3. The second-order valence-electron chi connectivity index (χ2n) is 16.2. The molecule has 288 valence electrons. The Labute approximate surface area is 358 Å². The van der Waals surface area contributed by atoms with Gasteiger partial charge in [0.25, 0.3) is 0 Å². The molecule has 0 radical (unpaired) electrons. The van der Waals surface area contributed by atoms with E-state index in [9.17, 15) is 0 Å². The molecule has 1 atom stereocenters. The van der Waals surface area contributed by atoms with Crippen LogP contribution in [0.5, 0.6) is 0 Å². The van der Waals surface area contributed by atoms with Gasteiger partial charge in [0.1, 0.15) is 0 Å². The van der Waals surface area contributed by atoms with Gasteiger partial charge < -0.3 is 4.90 Å². The van der Waals surface area contributed by atoms with Crippen molar-refractivity contribution in [2.45, 2.75) is 12.3 Å². The van der Waals surface area contributed by atoms with Crippen molar-refractivity contribution in [3.8, 4) is 55.6 Å². The van der Waals surface area contributed by atoms with Gasteiger partial charge in [-0.2, -0.15) is 0 Å². The predicted molar refractivity (Wildman–Crippen MR) is 258 cm³/mol. The maximum Gasteiger partial charge on any atom is 0.0543 e. The van der Waals surface area contributed by atoms with E-state index >= 15 is 0 Å². The third kappa shape index (κ3) is 6.26. The third-order valence-corrected chi connectivity index (χ3v) is 12.8. The smallest absolute Gasteiger partial charge is 0.0543 e. The van der Waals surface area contributed by atoms with Crippen molar-refractivity contribution in [3.63, 3.8) is 0 Å². The molecule has 0 heterocycles. The minimum Gasteiger partial charge on any atom is -0.310 e. The maximum atomic E-state index is 2.47. The largest absolute Gasteiger partial charge is 0.310 e. The van der Waals surface area contributed by atoms with E-state index in [2.05, 4.69) is 254 Å². The van der Waals surface area contributed by atoms with Crippen LogP contribution in [0.3, 0.4) is 0 Å². The van der Waals surface area contributed by atoms with E-state index in [0.717, 1.165) is 17.1 Å². The van der Waals surface area contributed by atoms with Crippen molar-refractivity contribution in [3.05, 3.63) is 259 Å². The Morgan fingerprint density at radius 1 is 0.328 bits per heavy atom. The van der Waals surface area contributed by atoms with Crippen LogP contribution in [0.1, 0.15) is 23.6 Å². The summed E-state index contributed by atoms with van der Waals surface area (Å²) in [5, 5.41) is 2.53. The zero-order valence-corrected chi connectivity index (χ0v) is 34.0. The molecule has 0 amide bonds.